The molecule has 0 aliphatic carbocycles. The molecule has 4 atom stereocenters. The van der Waals surface area contributed by atoms with Gasteiger partial charge in [-0.05, 0) is 60.8 Å². The van der Waals surface area contributed by atoms with E-state index < -0.39 is 24.0 Å². The SMILES string of the molecule is NC[C@@H]1CN[C@@H](C(=O)N[C@H](Cc2ccccc2)C(=O)N[C@H](Cc2ccccc2)C(=O)Nc2ccc3ncccc3c2)C1. The predicted octanol–water partition coefficient (Wildman–Crippen LogP) is 2.57. The molecule has 1 fully saturated rings. The van der Waals surface area contributed by atoms with Gasteiger partial charge in [-0.3, -0.25) is 19.4 Å². The fourth-order valence-electron chi connectivity index (χ4n) is 5.23. The molecule has 3 amide bonds. The van der Waals surface area contributed by atoms with Crippen LogP contribution in [0.4, 0.5) is 5.69 Å². The molecule has 6 N–H and O–H groups in total. The number of amides is 3. The predicted molar refractivity (Wildman–Crippen MR) is 163 cm³/mol. The Morgan fingerprint density at radius 3 is 2.14 bits per heavy atom. The van der Waals surface area contributed by atoms with Gasteiger partial charge < -0.3 is 27.0 Å². The van der Waals surface area contributed by atoms with Gasteiger partial charge in [0, 0.05) is 30.1 Å². The van der Waals surface area contributed by atoms with E-state index in [0.29, 0.717) is 25.2 Å². The highest BCUT2D eigenvalue weighted by atomic mass is 16.2. The van der Waals surface area contributed by atoms with Gasteiger partial charge in [-0.1, -0.05) is 66.7 Å². The Labute approximate surface area is 245 Å². The highest BCUT2D eigenvalue weighted by Gasteiger charge is 2.33. The number of nitrogens with one attached hydrogen (secondary N) is 4. The third-order valence-electron chi connectivity index (χ3n) is 7.57. The molecular weight excluding hydrogens is 528 g/mol. The molecule has 0 saturated carbocycles. The second-order valence-corrected chi connectivity index (χ2v) is 10.7. The maximum Gasteiger partial charge on any atom is 0.247 e. The number of anilines is 1. The molecule has 1 aromatic heterocycles. The fraction of sp³-hybridized carbons (Fsp3) is 0.273. The molecule has 3 aromatic carbocycles. The number of hydrogen-bond donors (Lipinski definition) is 5. The van der Waals surface area contributed by atoms with E-state index >= 15 is 0 Å². The minimum absolute atomic E-state index is 0.215. The average Bonchev–Trinajstić information content (AvgIpc) is 3.51. The van der Waals surface area contributed by atoms with Crippen molar-refractivity contribution in [3.63, 3.8) is 0 Å². The number of fused-ring (bicyclic) bond motifs is 1. The molecular formula is C33H36N6O3. The molecule has 0 unspecified atom stereocenters. The van der Waals surface area contributed by atoms with Crippen LogP contribution in [0, 0.1) is 5.92 Å². The lowest BCUT2D eigenvalue weighted by molar-refractivity contribution is -0.131. The van der Waals surface area contributed by atoms with Crippen molar-refractivity contribution in [3.8, 4) is 0 Å². The molecule has 1 saturated heterocycles. The van der Waals surface area contributed by atoms with Crippen LogP contribution in [0.3, 0.4) is 0 Å². The second-order valence-electron chi connectivity index (χ2n) is 10.7. The van der Waals surface area contributed by atoms with Crippen LogP contribution in [0.25, 0.3) is 10.9 Å². The normalized spacial score (nSPS) is 17.7. The zero-order valence-electron chi connectivity index (χ0n) is 23.3. The minimum atomic E-state index is -0.883. The molecule has 0 radical (unpaired) electrons. The van der Waals surface area contributed by atoms with Gasteiger partial charge >= 0.3 is 0 Å². The zero-order valence-corrected chi connectivity index (χ0v) is 23.3. The van der Waals surface area contributed by atoms with Crippen molar-refractivity contribution in [2.75, 3.05) is 18.4 Å². The van der Waals surface area contributed by atoms with Crippen LogP contribution in [0.1, 0.15) is 17.5 Å². The van der Waals surface area contributed by atoms with Crippen molar-refractivity contribution in [1.82, 2.24) is 20.9 Å². The summed E-state index contributed by atoms with van der Waals surface area (Å²) in [6.45, 7) is 1.16. The van der Waals surface area contributed by atoms with Gasteiger partial charge in [0.05, 0.1) is 11.6 Å². The van der Waals surface area contributed by atoms with Gasteiger partial charge in [0.15, 0.2) is 0 Å². The average molecular weight is 565 g/mol. The maximum atomic E-state index is 13.8. The molecule has 42 heavy (non-hydrogen) atoms. The number of nitrogens with two attached hydrogens (primary N) is 1. The topological polar surface area (TPSA) is 138 Å². The lowest BCUT2D eigenvalue weighted by Gasteiger charge is -2.24. The first-order valence-corrected chi connectivity index (χ1v) is 14.3. The van der Waals surface area contributed by atoms with E-state index in [-0.39, 0.29) is 30.6 Å². The standard InChI is InChI=1S/C33H36N6O3/c34-20-24-18-28(36-21-24)31(40)38-30(17-23-10-5-2-6-11-23)33(42)39-29(16-22-8-3-1-4-9-22)32(41)37-26-13-14-27-25(19-26)12-7-15-35-27/h1-15,19,24,28-30,36H,16-18,20-21,34H2,(H,37,41)(H,38,40)(H,39,42)/t24-,28-,29-,30-/m1/s1. The van der Waals surface area contributed by atoms with Crippen LogP contribution in [0.5, 0.6) is 0 Å². The van der Waals surface area contributed by atoms with Crippen molar-refractivity contribution in [3.05, 3.63) is 108 Å². The number of carbonyl (C=O) groups is 3. The molecule has 1 aliphatic rings. The first kappa shape index (κ1) is 28.9. The summed E-state index contributed by atoms with van der Waals surface area (Å²) in [5, 5.41) is 12.9. The highest BCUT2D eigenvalue weighted by Crippen LogP contribution is 2.18. The van der Waals surface area contributed by atoms with Crippen LogP contribution >= 0.6 is 0 Å². The second kappa shape index (κ2) is 13.8. The molecule has 2 heterocycles. The number of pyridine rings is 1. The summed E-state index contributed by atoms with van der Waals surface area (Å²) in [7, 11) is 0. The summed E-state index contributed by atoms with van der Waals surface area (Å²) in [5.74, 6) is -0.828. The van der Waals surface area contributed by atoms with E-state index in [1.807, 2.05) is 84.9 Å². The zero-order chi connectivity index (χ0) is 29.3. The fourth-order valence-corrected chi connectivity index (χ4v) is 5.23. The maximum absolute atomic E-state index is 13.8. The van der Waals surface area contributed by atoms with E-state index in [1.54, 1.807) is 12.3 Å². The van der Waals surface area contributed by atoms with Gasteiger partial charge in [0.1, 0.15) is 12.1 Å². The molecule has 1 aliphatic heterocycles. The van der Waals surface area contributed by atoms with Crippen LogP contribution in [0.2, 0.25) is 0 Å². The van der Waals surface area contributed by atoms with Gasteiger partial charge in [-0.2, -0.15) is 0 Å². The molecule has 216 valence electrons. The van der Waals surface area contributed by atoms with Crippen molar-refractivity contribution in [2.45, 2.75) is 37.4 Å². The van der Waals surface area contributed by atoms with Crippen LogP contribution < -0.4 is 27.0 Å². The Bertz CT molecular complexity index is 1510. The number of aromatic nitrogens is 1. The number of rotatable bonds is 11. The van der Waals surface area contributed by atoms with Gasteiger partial charge in [-0.25, -0.2) is 0 Å². The summed E-state index contributed by atoms with van der Waals surface area (Å²) >= 11 is 0. The summed E-state index contributed by atoms with van der Waals surface area (Å²) in [4.78, 5) is 44.9. The Balaban J connectivity index is 1.35. The monoisotopic (exact) mass is 564 g/mol. The quantitative estimate of drug-likeness (QED) is 0.190. The minimum Gasteiger partial charge on any atom is -0.343 e. The van der Waals surface area contributed by atoms with Crippen molar-refractivity contribution in [2.24, 2.45) is 11.7 Å². The smallest absolute Gasteiger partial charge is 0.247 e. The van der Waals surface area contributed by atoms with Gasteiger partial charge in [0.2, 0.25) is 17.7 Å². The Hall–Kier alpha value is -4.60. The summed E-state index contributed by atoms with van der Waals surface area (Å²) in [5.41, 5.74) is 9.01. The van der Waals surface area contributed by atoms with Crippen LogP contribution in [-0.2, 0) is 27.2 Å². The number of nitrogens with zero attached hydrogens (tertiary/aromatic N) is 1. The lowest BCUT2D eigenvalue weighted by atomic mass is 10.0. The molecule has 9 nitrogen and oxygen atoms in total. The number of hydrogen-bond acceptors (Lipinski definition) is 6. The van der Waals surface area contributed by atoms with Crippen LogP contribution in [0.15, 0.2) is 97.2 Å². The van der Waals surface area contributed by atoms with E-state index in [4.69, 9.17) is 5.73 Å². The van der Waals surface area contributed by atoms with Crippen molar-refractivity contribution in [1.29, 1.82) is 0 Å². The summed E-state index contributed by atoms with van der Waals surface area (Å²) < 4.78 is 0. The van der Waals surface area contributed by atoms with E-state index in [9.17, 15) is 14.4 Å². The number of benzene rings is 3. The van der Waals surface area contributed by atoms with Crippen molar-refractivity contribution >= 4 is 34.3 Å². The first-order valence-electron chi connectivity index (χ1n) is 14.3. The molecule has 0 spiro atoms. The number of carbonyl (C=O) groups excluding carboxylic acids is 3. The lowest BCUT2D eigenvalue weighted by Crippen LogP contribution is -2.56. The highest BCUT2D eigenvalue weighted by molar-refractivity contribution is 6.00. The molecule has 5 rings (SSSR count). The van der Waals surface area contributed by atoms with Gasteiger partial charge in [-0.15, -0.1) is 0 Å². The van der Waals surface area contributed by atoms with E-state index in [1.165, 1.54) is 0 Å². The Morgan fingerprint density at radius 1 is 0.833 bits per heavy atom. The summed E-state index contributed by atoms with van der Waals surface area (Å²) in [6, 6.07) is 26.1. The van der Waals surface area contributed by atoms with E-state index in [0.717, 1.165) is 22.0 Å². The van der Waals surface area contributed by atoms with Crippen molar-refractivity contribution < 1.29 is 14.4 Å². The molecule has 9 heteroatoms. The largest absolute Gasteiger partial charge is 0.343 e. The molecule has 4 aromatic rings. The molecule has 0 bridgehead atoms. The van der Waals surface area contributed by atoms with Gasteiger partial charge in [0.25, 0.3) is 0 Å². The van der Waals surface area contributed by atoms with E-state index in [2.05, 4.69) is 26.3 Å². The Morgan fingerprint density at radius 2 is 1.50 bits per heavy atom. The van der Waals surface area contributed by atoms with Crippen LogP contribution in [-0.4, -0.2) is 53.9 Å². The third-order valence-corrected chi connectivity index (χ3v) is 7.57. The first-order chi connectivity index (χ1) is 20.5. The third kappa shape index (κ3) is 7.57. The Kier molecular flexibility index (Phi) is 9.53. The summed E-state index contributed by atoms with van der Waals surface area (Å²) in [6.07, 6.45) is 2.89.